The lowest BCUT2D eigenvalue weighted by atomic mass is 10.0. The molecule has 25 heavy (non-hydrogen) atoms. The number of carbonyl (C=O) groups is 1. The third kappa shape index (κ3) is 2.93. The van der Waals surface area contributed by atoms with Crippen LogP contribution in [0.5, 0.6) is 0 Å². The van der Waals surface area contributed by atoms with Crippen LogP contribution in [0.2, 0.25) is 0 Å². The lowest BCUT2D eigenvalue weighted by Gasteiger charge is -2.19. The van der Waals surface area contributed by atoms with E-state index in [0.717, 1.165) is 28.6 Å². The van der Waals surface area contributed by atoms with E-state index < -0.39 is 0 Å². The Hall–Kier alpha value is -2.60. The second-order valence-corrected chi connectivity index (χ2v) is 6.78. The van der Waals surface area contributed by atoms with Gasteiger partial charge >= 0.3 is 0 Å². The number of nitrogens with zero attached hydrogens (tertiary/aromatic N) is 2. The van der Waals surface area contributed by atoms with Crippen molar-refractivity contribution in [3.05, 3.63) is 53.0 Å². The van der Waals surface area contributed by atoms with E-state index in [9.17, 15) is 4.79 Å². The van der Waals surface area contributed by atoms with Gasteiger partial charge in [-0.15, -0.1) is 0 Å². The van der Waals surface area contributed by atoms with E-state index >= 15 is 0 Å². The summed E-state index contributed by atoms with van der Waals surface area (Å²) in [5.74, 6) is -0.101. The number of amides is 1. The maximum absolute atomic E-state index is 12.7. The van der Waals surface area contributed by atoms with Gasteiger partial charge in [-0.05, 0) is 38.5 Å². The first kappa shape index (κ1) is 15.9. The number of rotatable bonds is 3. The van der Waals surface area contributed by atoms with Crippen molar-refractivity contribution in [2.24, 2.45) is 7.05 Å². The predicted octanol–water partition coefficient (Wildman–Crippen LogP) is 2.78. The molecule has 6 heteroatoms. The zero-order valence-electron chi connectivity index (χ0n) is 14.7. The fourth-order valence-corrected chi connectivity index (χ4v) is 3.56. The van der Waals surface area contributed by atoms with E-state index in [1.807, 2.05) is 45.3 Å². The third-order valence-electron chi connectivity index (χ3n) is 4.79. The molecule has 1 aliphatic heterocycles. The number of benzene rings is 1. The molecule has 0 saturated carbocycles. The molecule has 3 aromatic rings. The molecule has 1 fully saturated rings. The van der Waals surface area contributed by atoms with E-state index in [0.29, 0.717) is 12.3 Å². The van der Waals surface area contributed by atoms with Gasteiger partial charge < -0.3 is 15.0 Å². The normalized spacial score (nSPS) is 20.3. The van der Waals surface area contributed by atoms with Gasteiger partial charge in [-0.3, -0.25) is 9.48 Å². The highest BCUT2D eigenvalue weighted by Crippen LogP contribution is 2.31. The van der Waals surface area contributed by atoms with Gasteiger partial charge in [0.2, 0.25) is 0 Å². The molecule has 0 spiro atoms. The van der Waals surface area contributed by atoms with Crippen molar-refractivity contribution in [3.63, 3.8) is 0 Å². The van der Waals surface area contributed by atoms with Crippen LogP contribution in [0.1, 0.15) is 39.8 Å². The second kappa shape index (κ2) is 6.04. The Morgan fingerprint density at radius 2 is 2.20 bits per heavy atom. The fraction of sp³-hybridized carbons (Fsp3) is 0.368. The average molecular weight is 338 g/mol. The molecule has 1 saturated heterocycles. The Bertz CT molecular complexity index is 940. The lowest BCUT2D eigenvalue weighted by molar-refractivity contribution is 0.0816. The SMILES string of the molecule is Cc1ccc2[nH]c(C(=O)N[C@@H]3CCO[C@H]3c3cn(C)nc3C)cc2c1. The molecule has 2 N–H and O–H groups in total. The van der Waals surface area contributed by atoms with Crippen LogP contribution in [0.4, 0.5) is 0 Å². The number of hydrogen-bond donors (Lipinski definition) is 2. The number of fused-ring (bicyclic) bond motifs is 1. The number of hydrogen-bond acceptors (Lipinski definition) is 3. The first-order chi connectivity index (χ1) is 12.0. The molecule has 2 atom stereocenters. The van der Waals surface area contributed by atoms with Crippen LogP contribution >= 0.6 is 0 Å². The van der Waals surface area contributed by atoms with Crippen molar-refractivity contribution in [1.82, 2.24) is 20.1 Å². The summed E-state index contributed by atoms with van der Waals surface area (Å²) in [4.78, 5) is 15.9. The monoisotopic (exact) mass is 338 g/mol. The topological polar surface area (TPSA) is 71.9 Å². The molecule has 2 aromatic heterocycles. The maximum atomic E-state index is 12.7. The number of aromatic nitrogens is 3. The van der Waals surface area contributed by atoms with Crippen molar-refractivity contribution in [2.45, 2.75) is 32.4 Å². The number of H-pyrrole nitrogens is 1. The summed E-state index contributed by atoms with van der Waals surface area (Å²) in [6.45, 7) is 4.65. The summed E-state index contributed by atoms with van der Waals surface area (Å²) < 4.78 is 7.66. The van der Waals surface area contributed by atoms with Crippen LogP contribution in [0.15, 0.2) is 30.5 Å². The highest BCUT2D eigenvalue weighted by atomic mass is 16.5. The van der Waals surface area contributed by atoms with Gasteiger partial charge in [-0.2, -0.15) is 5.10 Å². The number of nitrogens with one attached hydrogen (secondary N) is 2. The number of carbonyl (C=O) groups excluding carboxylic acids is 1. The van der Waals surface area contributed by atoms with Crippen molar-refractivity contribution in [1.29, 1.82) is 0 Å². The molecule has 3 heterocycles. The van der Waals surface area contributed by atoms with Crippen LogP contribution in [-0.2, 0) is 11.8 Å². The first-order valence-electron chi connectivity index (χ1n) is 8.53. The molecule has 0 aliphatic carbocycles. The van der Waals surface area contributed by atoms with Gasteiger partial charge in [-0.25, -0.2) is 0 Å². The van der Waals surface area contributed by atoms with Gasteiger partial charge in [-0.1, -0.05) is 11.6 Å². The number of aryl methyl sites for hydroxylation is 3. The first-order valence-corrected chi connectivity index (χ1v) is 8.53. The van der Waals surface area contributed by atoms with Gasteiger partial charge in [0.05, 0.1) is 11.7 Å². The van der Waals surface area contributed by atoms with Gasteiger partial charge in [0.25, 0.3) is 5.91 Å². The van der Waals surface area contributed by atoms with E-state index in [2.05, 4.69) is 21.5 Å². The minimum atomic E-state index is -0.149. The Morgan fingerprint density at radius 3 is 2.96 bits per heavy atom. The molecule has 0 radical (unpaired) electrons. The number of ether oxygens (including phenoxy) is 1. The summed E-state index contributed by atoms with van der Waals surface area (Å²) in [6, 6.07) is 7.96. The molecule has 6 nitrogen and oxygen atoms in total. The summed E-state index contributed by atoms with van der Waals surface area (Å²) in [5, 5.41) is 8.55. The zero-order valence-corrected chi connectivity index (χ0v) is 14.7. The lowest BCUT2D eigenvalue weighted by Crippen LogP contribution is -2.37. The van der Waals surface area contributed by atoms with Crippen LogP contribution in [0, 0.1) is 13.8 Å². The zero-order chi connectivity index (χ0) is 17.6. The minimum Gasteiger partial charge on any atom is -0.371 e. The molecular weight excluding hydrogens is 316 g/mol. The minimum absolute atomic E-state index is 0.0523. The maximum Gasteiger partial charge on any atom is 0.268 e. The highest BCUT2D eigenvalue weighted by Gasteiger charge is 2.33. The summed E-state index contributed by atoms with van der Waals surface area (Å²) in [7, 11) is 1.89. The van der Waals surface area contributed by atoms with E-state index in [1.165, 1.54) is 5.56 Å². The average Bonchev–Trinajstić information content (AvgIpc) is 3.25. The molecule has 4 rings (SSSR count). The van der Waals surface area contributed by atoms with Crippen molar-refractivity contribution in [3.8, 4) is 0 Å². The van der Waals surface area contributed by atoms with Crippen LogP contribution in [-0.4, -0.2) is 33.3 Å². The Morgan fingerprint density at radius 1 is 1.36 bits per heavy atom. The molecule has 130 valence electrons. The predicted molar refractivity (Wildman–Crippen MR) is 95.5 cm³/mol. The Labute approximate surface area is 146 Å². The van der Waals surface area contributed by atoms with Crippen LogP contribution in [0.3, 0.4) is 0 Å². The fourth-order valence-electron chi connectivity index (χ4n) is 3.56. The second-order valence-electron chi connectivity index (χ2n) is 6.78. The van der Waals surface area contributed by atoms with Gasteiger partial charge in [0.15, 0.2) is 0 Å². The molecule has 0 unspecified atom stereocenters. The number of aromatic amines is 1. The van der Waals surface area contributed by atoms with E-state index in [4.69, 9.17) is 4.74 Å². The molecular formula is C19H22N4O2. The smallest absolute Gasteiger partial charge is 0.268 e. The summed E-state index contributed by atoms with van der Waals surface area (Å²) in [6.07, 6.45) is 2.62. The van der Waals surface area contributed by atoms with Crippen molar-refractivity contribution >= 4 is 16.8 Å². The standard InChI is InChI=1S/C19H22N4O2/c1-11-4-5-15-13(8-11)9-17(20-15)19(24)21-16-6-7-25-18(16)14-10-23(3)22-12(14)2/h4-5,8-10,16,18,20H,6-7H2,1-3H3,(H,21,24)/t16-,18+/m1/s1. The quantitative estimate of drug-likeness (QED) is 0.771. The third-order valence-corrected chi connectivity index (χ3v) is 4.79. The van der Waals surface area contributed by atoms with Crippen LogP contribution in [0.25, 0.3) is 10.9 Å². The summed E-state index contributed by atoms with van der Waals surface area (Å²) in [5.41, 5.74) is 4.70. The highest BCUT2D eigenvalue weighted by molar-refractivity contribution is 5.98. The molecule has 1 aliphatic rings. The Kier molecular flexibility index (Phi) is 3.84. The van der Waals surface area contributed by atoms with E-state index in [1.54, 1.807) is 4.68 Å². The molecule has 0 bridgehead atoms. The van der Waals surface area contributed by atoms with Crippen molar-refractivity contribution < 1.29 is 9.53 Å². The molecule has 1 aromatic carbocycles. The summed E-state index contributed by atoms with van der Waals surface area (Å²) >= 11 is 0. The van der Waals surface area contributed by atoms with Crippen LogP contribution < -0.4 is 5.32 Å². The Balaban J connectivity index is 1.55. The van der Waals surface area contributed by atoms with E-state index in [-0.39, 0.29) is 18.1 Å². The van der Waals surface area contributed by atoms with Crippen molar-refractivity contribution in [2.75, 3.05) is 6.61 Å². The molecule has 1 amide bonds. The van der Waals surface area contributed by atoms with Gasteiger partial charge in [0, 0.05) is 36.3 Å². The largest absolute Gasteiger partial charge is 0.371 e. The van der Waals surface area contributed by atoms with Gasteiger partial charge in [0.1, 0.15) is 11.8 Å².